The monoisotopic (exact) mass is 206 g/mol. The number of nitrogens with zero attached hydrogens (tertiary/aromatic N) is 3. The van der Waals surface area contributed by atoms with E-state index in [1.165, 1.54) is 4.90 Å². The largest absolute Gasteiger partial charge is 0.339 e. The molecular formula is C10H14N4O. The van der Waals surface area contributed by atoms with Crippen LogP contribution in [0.5, 0.6) is 0 Å². The first kappa shape index (κ1) is 11.5. The molecule has 0 heterocycles. The SMILES string of the molecule is N#CCCN(CCC#N)C(=O)C1(N)CC1. The van der Waals surface area contributed by atoms with Gasteiger partial charge in [-0.3, -0.25) is 4.79 Å². The quantitative estimate of drug-likeness (QED) is 0.692. The molecule has 15 heavy (non-hydrogen) atoms. The van der Waals surface area contributed by atoms with Crippen LogP contribution in [-0.4, -0.2) is 29.4 Å². The van der Waals surface area contributed by atoms with Crippen LogP contribution < -0.4 is 5.73 Å². The highest BCUT2D eigenvalue weighted by atomic mass is 16.2. The van der Waals surface area contributed by atoms with Gasteiger partial charge in [0.15, 0.2) is 0 Å². The van der Waals surface area contributed by atoms with Crippen molar-refractivity contribution < 1.29 is 4.79 Å². The van der Waals surface area contributed by atoms with Gasteiger partial charge in [0.2, 0.25) is 5.91 Å². The lowest BCUT2D eigenvalue weighted by Gasteiger charge is -2.23. The highest BCUT2D eigenvalue weighted by Crippen LogP contribution is 2.34. The Hall–Kier alpha value is -1.59. The maximum atomic E-state index is 11.8. The molecular weight excluding hydrogens is 192 g/mol. The summed E-state index contributed by atoms with van der Waals surface area (Å²) in [5.74, 6) is -0.118. The maximum absolute atomic E-state index is 11.8. The first-order valence-electron chi connectivity index (χ1n) is 4.96. The lowest BCUT2D eigenvalue weighted by atomic mass is 10.2. The minimum atomic E-state index is -0.703. The first-order chi connectivity index (χ1) is 7.14. The molecule has 0 radical (unpaired) electrons. The Bertz CT molecular complexity index is 303. The molecule has 1 amide bonds. The third-order valence-corrected chi connectivity index (χ3v) is 2.49. The van der Waals surface area contributed by atoms with Crippen LogP contribution in [0.3, 0.4) is 0 Å². The van der Waals surface area contributed by atoms with Crippen molar-refractivity contribution in [3.63, 3.8) is 0 Å². The Morgan fingerprint density at radius 1 is 1.27 bits per heavy atom. The second-order valence-electron chi connectivity index (χ2n) is 3.76. The topological polar surface area (TPSA) is 93.9 Å². The van der Waals surface area contributed by atoms with Crippen molar-refractivity contribution in [2.75, 3.05) is 13.1 Å². The van der Waals surface area contributed by atoms with Crippen LogP contribution >= 0.6 is 0 Å². The lowest BCUT2D eigenvalue weighted by Crippen LogP contribution is -2.46. The van der Waals surface area contributed by atoms with Crippen LogP contribution in [0.15, 0.2) is 0 Å². The molecule has 1 saturated carbocycles. The van der Waals surface area contributed by atoms with Gasteiger partial charge < -0.3 is 10.6 Å². The number of hydrogen-bond acceptors (Lipinski definition) is 4. The molecule has 0 bridgehead atoms. The summed E-state index contributed by atoms with van der Waals surface area (Å²) in [5.41, 5.74) is 5.07. The van der Waals surface area contributed by atoms with E-state index in [2.05, 4.69) is 0 Å². The minimum Gasteiger partial charge on any atom is -0.339 e. The fraction of sp³-hybridized carbons (Fsp3) is 0.700. The molecule has 1 aliphatic rings. The van der Waals surface area contributed by atoms with Crippen LogP contribution in [0.1, 0.15) is 25.7 Å². The highest BCUT2D eigenvalue weighted by Gasteiger charge is 2.47. The van der Waals surface area contributed by atoms with Gasteiger partial charge in [-0.15, -0.1) is 0 Å². The summed E-state index contributed by atoms with van der Waals surface area (Å²) in [4.78, 5) is 13.3. The zero-order valence-electron chi connectivity index (χ0n) is 8.57. The summed E-state index contributed by atoms with van der Waals surface area (Å²) in [7, 11) is 0. The molecule has 2 N–H and O–H groups in total. The number of carbonyl (C=O) groups is 1. The number of nitrogens with two attached hydrogens (primary N) is 1. The molecule has 80 valence electrons. The molecule has 0 saturated heterocycles. The van der Waals surface area contributed by atoms with Crippen molar-refractivity contribution in [2.45, 2.75) is 31.2 Å². The molecule has 0 aromatic heterocycles. The smallest absolute Gasteiger partial charge is 0.242 e. The minimum absolute atomic E-state index is 0.118. The lowest BCUT2D eigenvalue weighted by molar-refractivity contribution is -0.133. The van der Waals surface area contributed by atoms with Crippen molar-refractivity contribution >= 4 is 5.91 Å². The predicted octanol–water partition coefficient (Wildman–Crippen LogP) is 0.134. The normalized spacial score (nSPS) is 16.2. The Morgan fingerprint density at radius 2 is 1.73 bits per heavy atom. The van der Waals surface area contributed by atoms with E-state index < -0.39 is 5.54 Å². The van der Waals surface area contributed by atoms with Gasteiger partial charge in [-0.25, -0.2) is 0 Å². The zero-order chi connectivity index (χ0) is 11.3. The van der Waals surface area contributed by atoms with Crippen LogP contribution in [0.4, 0.5) is 0 Å². The zero-order valence-corrected chi connectivity index (χ0v) is 8.57. The number of rotatable bonds is 5. The average Bonchev–Trinajstić information content (AvgIpc) is 2.97. The van der Waals surface area contributed by atoms with Crippen LogP contribution in [0.25, 0.3) is 0 Å². The molecule has 0 atom stereocenters. The molecule has 0 aliphatic heterocycles. The Morgan fingerprint density at radius 3 is 2.07 bits per heavy atom. The summed E-state index contributed by atoms with van der Waals surface area (Å²) >= 11 is 0. The maximum Gasteiger partial charge on any atom is 0.242 e. The summed E-state index contributed by atoms with van der Waals surface area (Å²) in [6.45, 7) is 0.742. The van der Waals surface area contributed by atoms with Crippen LogP contribution in [0, 0.1) is 22.7 Å². The number of hydrogen-bond donors (Lipinski definition) is 1. The Labute approximate surface area is 89.1 Å². The molecule has 1 aliphatic carbocycles. The number of nitriles is 2. The van der Waals surface area contributed by atoms with E-state index in [9.17, 15) is 4.79 Å². The molecule has 0 aromatic rings. The van der Waals surface area contributed by atoms with Gasteiger partial charge in [0.25, 0.3) is 0 Å². The molecule has 5 heteroatoms. The average molecular weight is 206 g/mol. The number of carbonyl (C=O) groups excluding carboxylic acids is 1. The van der Waals surface area contributed by atoms with Crippen molar-refractivity contribution in [1.82, 2.24) is 4.90 Å². The van der Waals surface area contributed by atoms with Gasteiger partial charge in [-0.05, 0) is 12.8 Å². The summed E-state index contributed by atoms with van der Waals surface area (Å²) < 4.78 is 0. The third kappa shape index (κ3) is 2.93. The van der Waals surface area contributed by atoms with Gasteiger partial charge >= 0.3 is 0 Å². The fourth-order valence-electron chi connectivity index (χ4n) is 1.35. The Kier molecular flexibility index (Phi) is 3.65. The van der Waals surface area contributed by atoms with E-state index in [0.29, 0.717) is 25.9 Å². The summed E-state index contributed by atoms with van der Waals surface area (Å²) in [6, 6.07) is 3.97. The molecule has 5 nitrogen and oxygen atoms in total. The van der Waals surface area contributed by atoms with Gasteiger partial charge in [-0.1, -0.05) is 0 Å². The van der Waals surface area contributed by atoms with E-state index in [1.54, 1.807) is 0 Å². The predicted molar refractivity (Wildman–Crippen MR) is 53.2 cm³/mol. The van der Waals surface area contributed by atoms with Crippen molar-refractivity contribution in [3.8, 4) is 12.1 Å². The molecule has 0 aromatic carbocycles. The van der Waals surface area contributed by atoms with Crippen LogP contribution in [-0.2, 0) is 4.79 Å². The highest BCUT2D eigenvalue weighted by molar-refractivity contribution is 5.89. The standard InChI is InChI=1S/C10H14N4O/c11-5-1-7-14(8-2-6-12)9(15)10(13)3-4-10/h1-4,7-8,13H2. The first-order valence-corrected chi connectivity index (χ1v) is 4.96. The van der Waals surface area contributed by atoms with Crippen LogP contribution in [0.2, 0.25) is 0 Å². The van der Waals surface area contributed by atoms with Gasteiger partial charge in [0.05, 0.1) is 30.5 Å². The van der Waals surface area contributed by atoms with Crippen molar-refractivity contribution in [1.29, 1.82) is 10.5 Å². The molecule has 1 fully saturated rings. The molecule has 1 rings (SSSR count). The van der Waals surface area contributed by atoms with E-state index in [-0.39, 0.29) is 18.7 Å². The second kappa shape index (κ2) is 4.77. The Balaban J connectivity index is 2.52. The van der Waals surface area contributed by atoms with E-state index in [1.807, 2.05) is 12.1 Å². The number of amides is 1. The van der Waals surface area contributed by atoms with Gasteiger partial charge in [0.1, 0.15) is 0 Å². The van der Waals surface area contributed by atoms with E-state index in [4.69, 9.17) is 16.3 Å². The van der Waals surface area contributed by atoms with E-state index in [0.717, 1.165) is 0 Å². The summed E-state index contributed by atoms with van der Waals surface area (Å²) in [6.07, 6.45) is 1.99. The van der Waals surface area contributed by atoms with Gasteiger partial charge in [-0.2, -0.15) is 10.5 Å². The molecule has 0 spiro atoms. The second-order valence-corrected chi connectivity index (χ2v) is 3.76. The fourth-order valence-corrected chi connectivity index (χ4v) is 1.35. The molecule has 0 unspecified atom stereocenters. The third-order valence-electron chi connectivity index (χ3n) is 2.49. The van der Waals surface area contributed by atoms with Crippen molar-refractivity contribution in [3.05, 3.63) is 0 Å². The van der Waals surface area contributed by atoms with Gasteiger partial charge in [0, 0.05) is 13.1 Å². The summed E-state index contributed by atoms with van der Waals surface area (Å²) in [5, 5.41) is 16.9. The van der Waals surface area contributed by atoms with E-state index >= 15 is 0 Å². The van der Waals surface area contributed by atoms with Crippen molar-refractivity contribution in [2.24, 2.45) is 5.73 Å².